The summed E-state index contributed by atoms with van der Waals surface area (Å²) in [5.74, 6) is -1.12. The minimum Gasteiger partial charge on any atom is -0.332 e. The number of carbonyl (C=O) groups is 3. The van der Waals surface area contributed by atoms with Crippen molar-refractivity contribution in [3.05, 3.63) is 64.2 Å². The number of benzene rings is 2. The summed E-state index contributed by atoms with van der Waals surface area (Å²) in [7, 11) is 0. The Morgan fingerprint density at radius 2 is 1.89 bits per heavy atom. The largest absolute Gasteiger partial charge is 0.332 e. The van der Waals surface area contributed by atoms with Crippen LogP contribution in [0.15, 0.2) is 35.2 Å². The highest BCUT2D eigenvalue weighted by atomic mass is 32.2. The van der Waals surface area contributed by atoms with E-state index in [4.69, 9.17) is 0 Å². The summed E-state index contributed by atoms with van der Waals surface area (Å²) < 4.78 is 29.6. The number of amides is 3. The third kappa shape index (κ3) is 6.13. The molecule has 2 heterocycles. The first-order valence-corrected chi connectivity index (χ1v) is 13.3. The van der Waals surface area contributed by atoms with Crippen LogP contribution < -0.4 is 5.32 Å². The smallest absolute Gasteiger partial charge is 0.254 e. The molecule has 1 N–H and O–H groups in total. The van der Waals surface area contributed by atoms with Crippen LogP contribution in [0, 0.1) is 11.6 Å². The molecule has 192 valence electrons. The van der Waals surface area contributed by atoms with Gasteiger partial charge in [-0.1, -0.05) is 12.5 Å². The minimum absolute atomic E-state index is 0.102. The molecule has 1 fully saturated rings. The predicted molar refractivity (Wildman–Crippen MR) is 134 cm³/mol. The fourth-order valence-corrected chi connectivity index (χ4v) is 5.86. The molecule has 0 bridgehead atoms. The van der Waals surface area contributed by atoms with E-state index in [1.54, 1.807) is 11.0 Å². The Hall–Kier alpha value is -2.78. The number of rotatable bonds is 10. The average molecular weight is 516 g/mol. The van der Waals surface area contributed by atoms with Crippen LogP contribution in [0.5, 0.6) is 0 Å². The summed E-state index contributed by atoms with van der Waals surface area (Å²) in [6.07, 6.45) is 4.23. The molecule has 36 heavy (non-hydrogen) atoms. The van der Waals surface area contributed by atoms with E-state index in [-0.39, 0.29) is 29.8 Å². The van der Waals surface area contributed by atoms with E-state index in [1.165, 1.54) is 30.3 Å². The lowest BCUT2D eigenvalue weighted by Gasteiger charge is -2.26. The Morgan fingerprint density at radius 3 is 2.58 bits per heavy atom. The van der Waals surface area contributed by atoms with Crippen molar-refractivity contribution in [2.24, 2.45) is 0 Å². The molecule has 2 aliphatic heterocycles. The lowest BCUT2D eigenvalue weighted by molar-refractivity contribution is -0.125. The number of likely N-dealkylation sites (tertiary alicyclic amines) is 1. The highest BCUT2D eigenvalue weighted by Crippen LogP contribution is 2.35. The molecule has 1 saturated heterocycles. The second kappa shape index (κ2) is 12.0. The summed E-state index contributed by atoms with van der Waals surface area (Å²) in [5.41, 5.74) is 2.19. The lowest BCUT2D eigenvalue weighted by atomic mass is 10.1. The summed E-state index contributed by atoms with van der Waals surface area (Å²) in [6, 6.07) is 8.16. The first-order chi connectivity index (χ1) is 17.4. The van der Waals surface area contributed by atoms with Crippen molar-refractivity contribution in [3.8, 4) is 0 Å². The van der Waals surface area contributed by atoms with Gasteiger partial charge in [0.1, 0.15) is 11.6 Å². The SMILES string of the molecule is CC(CCC(=O)NC=O)N1Cc2c(SCc3cc(F)c(CN4CCCCC4)c(F)c3)cccc2C1=O. The van der Waals surface area contributed by atoms with Crippen LogP contribution in [0.25, 0.3) is 0 Å². The topological polar surface area (TPSA) is 69.7 Å². The van der Waals surface area contributed by atoms with Gasteiger partial charge in [-0.2, -0.15) is 0 Å². The molecule has 0 aliphatic carbocycles. The van der Waals surface area contributed by atoms with Gasteiger partial charge in [-0.25, -0.2) is 8.78 Å². The molecular weight excluding hydrogens is 484 g/mol. The molecule has 1 unspecified atom stereocenters. The van der Waals surface area contributed by atoms with E-state index >= 15 is 0 Å². The molecule has 2 aromatic rings. The Kier molecular flexibility index (Phi) is 8.74. The van der Waals surface area contributed by atoms with Crippen LogP contribution in [0.1, 0.15) is 66.1 Å². The lowest BCUT2D eigenvalue weighted by Crippen LogP contribution is -2.34. The van der Waals surface area contributed by atoms with Gasteiger partial charge in [0, 0.05) is 47.3 Å². The highest BCUT2D eigenvalue weighted by molar-refractivity contribution is 7.98. The highest BCUT2D eigenvalue weighted by Gasteiger charge is 2.32. The van der Waals surface area contributed by atoms with Gasteiger partial charge >= 0.3 is 0 Å². The first-order valence-electron chi connectivity index (χ1n) is 12.3. The molecule has 0 radical (unpaired) electrons. The summed E-state index contributed by atoms with van der Waals surface area (Å²) in [5, 5.41) is 2.11. The number of hydrogen-bond acceptors (Lipinski definition) is 5. The van der Waals surface area contributed by atoms with Crippen molar-refractivity contribution in [2.45, 2.75) is 68.8 Å². The van der Waals surface area contributed by atoms with Gasteiger partial charge in [0.25, 0.3) is 5.91 Å². The minimum atomic E-state index is -0.511. The zero-order chi connectivity index (χ0) is 25.7. The summed E-state index contributed by atoms with van der Waals surface area (Å²) in [4.78, 5) is 39.7. The van der Waals surface area contributed by atoms with Crippen molar-refractivity contribution in [1.82, 2.24) is 15.1 Å². The van der Waals surface area contributed by atoms with Crippen molar-refractivity contribution in [3.63, 3.8) is 0 Å². The quantitative estimate of drug-likeness (QED) is 0.369. The number of hydrogen-bond donors (Lipinski definition) is 1. The molecule has 0 spiro atoms. The van der Waals surface area contributed by atoms with Gasteiger partial charge in [-0.3, -0.25) is 24.6 Å². The third-order valence-corrected chi connectivity index (χ3v) is 8.09. The van der Waals surface area contributed by atoms with Crippen molar-refractivity contribution < 1.29 is 23.2 Å². The van der Waals surface area contributed by atoms with Crippen LogP contribution >= 0.6 is 11.8 Å². The zero-order valence-electron chi connectivity index (χ0n) is 20.4. The van der Waals surface area contributed by atoms with Crippen molar-refractivity contribution >= 4 is 30.0 Å². The second-order valence-corrected chi connectivity index (χ2v) is 10.5. The molecule has 0 saturated carbocycles. The second-order valence-electron chi connectivity index (χ2n) is 9.45. The first kappa shape index (κ1) is 26.3. The number of piperidine rings is 1. The fraction of sp³-hybridized carbons (Fsp3) is 0.444. The van der Waals surface area contributed by atoms with E-state index < -0.39 is 11.6 Å². The zero-order valence-corrected chi connectivity index (χ0v) is 21.2. The van der Waals surface area contributed by atoms with E-state index in [2.05, 4.69) is 10.2 Å². The van der Waals surface area contributed by atoms with E-state index in [9.17, 15) is 23.2 Å². The molecule has 2 aliphatic rings. The summed E-state index contributed by atoms with van der Waals surface area (Å²) >= 11 is 1.45. The normalized spacial score (nSPS) is 16.6. The Balaban J connectivity index is 1.41. The van der Waals surface area contributed by atoms with Crippen LogP contribution in [0.3, 0.4) is 0 Å². The number of thioether (sulfide) groups is 1. The molecule has 9 heteroatoms. The van der Waals surface area contributed by atoms with Gasteiger partial charge in [0.05, 0.1) is 0 Å². The number of fused-ring (bicyclic) bond motifs is 1. The number of nitrogens with one attached hydrogen (secondary N) is 1. The molecule has 2 aromatic carbocycles. The average Bonchev–Trinajstić information content (AvgIpc) is 3.21. The number of halogens is 2. The molecular formula is C27H31F2N3O3S. The number of imide groups is 1. The Bertz CT molecular complexity index is 1110. The third-order valence-electron chi connectivity index (χ3n) is 6.92. The number of carbonyl (C=O) groups excluding carboxylic acids is 3. The maximum atomic E-state index is 14.8. The van der Waals surface area contributed by atoms with Crippen LogP contribution in [-0.4, -0.2) is 47.2 Å². The van der Waals surface area contributed by atoms with Gasteiger partial charge in [-0.15, -0.1) is 11.8 Å². The molecule has 6 nitrogen and oxygen atoms in total. The van der Waals surface area contributed by atoms with E-state index in [0.29, 0.717) is 42.8 Å². The molecule has 1 atom stereocenters. The van der Waals surface area contributed by atoms with Gasteiger partial charge in [0.2, 0.25) is 12.3 Å². The Labute approximate surface area is 214 Å². The van der Waals surface area contributed by atoms with Crippen LogP contribution in [-0.2, 0) is 28.4 Å². The van der Waals surface area contributed by atoms with Gasteiger partial charge < -0.3 is 4.90 Å². The maximum absolute atomic E-state index is 14.8. The Morgan fingerprint density at radius 1 is 1.17 bits per heavy atom. The van der Waals surface area contributed by atoms with Gasteiger partial charge in [0.15, 0.2) is 0 Å². The predicted octanol–water partition coefficient (Wildman–Crippen LogP) is 4.64. The number of nitrogens with zero attached hydrogens (tertiary/aromatic N) is 2. The van der Waals surface area contributed by atoms with Crippen LogP contribution in [0.4, 0.5) is 8.78 Å². The monoisotopic (exact) mass is 515 g/mol. The van der Waals surface area contributed by atoms with Crippen molar-refractivity contribution in [1.29, 1.82) is 0 Å². The van der Waals surface area contributed by atoms with E-state index in [0.717, 1.165) is 36.4 Å². The molecule has 4 rings (SSSR count). The fourth-order valence-electron chi connectivity index (χ4n) is 4.84. The van der Waals surface area contributed by atoms with Crippen molar-refractivity contribution in [2.75, 3.05) is 13.1 Å². The maximum Gasteiger partial charge on any atom is 0.254 e. The molecule has 3 amide bonds. The van der Waals surface area contributed by atoms with E-state index in [1.807, 2.05) is 19.1 Å². The van der Waals surface area contributed by atoms with Crippen LogP contribution in [0.2, 0.25) is 0 Å². The summed E-state index contributed by atoms with van der Waals surface area (Å²) in [6.45, 7) is 4.32. The molecule has 0 aromatic heterocycles. The van der Waals surface area contributed by atoms with Gasteiger partial charge in [-0.05, 0) is 74.7 Å². The standard InChI is InChI=1S/C27H31F2N3O3S/c1-18(8-9-26(34)30-17-33)32-15-21-20(27(32)35)6-5-7-25(21)36-16-19-12-23(28)22(24(29)13-19)14-31-10-3-2-4-11-31/h5-7,12-13,17-18H,2-4,8-11,14-16H2,1H3,(H,30,33,34).